The van der Waals surface area contributed by atoms with Crippen molar-refractivity contribution in [3.63, 3.8) is 0 Å². The third-order valence-corrected chi connectivity index (χ3v) is 5.11. The molecule has 0 aliphatic carbocycles. The van der Waals surface area contributed by atoms with E-state index in [2.05, 4.69) is 5.32 Å². The van der Waals surface area contributed by atoms with Crippen LogP contribution in [-0.4, -0.2) is 44.3 Å². The normalized spacial score (nSPS) is 19.4. The van der Waals surface area contributed by atoms with Gasteiger partial charge in [0, 0.05) is 12.6 Å². The molecular formula is C12H16FN3O3S. The van der Waals surface area contributed by atoms with Crippen LogP contribution in [-0.2, 0) is 14.8 Å². The number of halogens is 1. The van der Waals surface area contributed by atoms with Crippen molar-refractivity contribution in [1.29, 1.82) is 0 Å². The smallest absolute Gasteiger partial charge is 0.246 e. The first-order chi connectivity index (χ1) is 9.43. The lowest BCUT2D eigenvalue weighted by Crippen LogP contribution is -2.46. The zero-order valence-corrected chi connectivity index (χ0v) is 11.6. The molecule has 1 heterocycles. The number of hydrogen-bond acceptors (Lipinski definition) is 4. The van der Waals surface area contributed by atoms with Gasteiger partial charge in [0.1, 0.15) is 10.7 Å². The maximum absolute atomic E-state index is 13.7. The summed E-state index contributed by atoms with van der Waals surface area (Å²) in [7, 11) is -4.09. The lowest BCUT2D eigenvalue weighted by atomic mass is 10.2. The summed E-state index contributed by atoms with van der Waals surface area (Å²) in [5.74, 6) is -1.61. The SMILES string of the molecule is NC(=O)CN(C1CCNC1)S(=O)(=O)c1ccccc1F. The fraction of sp³-hybridized carbons (Fsp3) is 0.417. The van der Waals surface area contributed by atoms with Gasteiger partial charge in [0.05, 0.1) is 6.54 Å². The second-order valence-electron chi connectivity index (χ2n) is 4.59. The van der Waals surface area contributed by atoms with Gasteiger partial charge in [-0.1, -0.05) is 12.1 Å². The van der Waals surface area contributed by atoms with E-state index in [1.54, 1.807) is 0 Å². The van der Waals surface area contributed by atoms with Crippen LogP contribution in [0.5, 0.6) is 0 Å². The Kier molecular flexibility index (Phi) is 4.36. The summed E-state index contributed by atoms with van der Waals surface area (Å²) in [6.07, 6.45) is 0.557. The Morgan fingerprint density at radius 1 is 1.45 bits per heavy atom. The quantitative estimate of drug-likeness (QED) is 0.778. The van der Waals surface area contributed by atoms with Crippen molar-refractivity contribution in [3.8, 4) is 0 Å². The summed E-state index contributed by atoms with van der Waals surface area (Å²) < 4.78 is 39.8. The van der Waals surface area contributed by atoms with E-state index < -0.39 is 39.2 Å². The Morgan fingerprint density at radius 3 is 2.70 bits per heavy atom. The molecule has 0 radical (unpaired) electrons. The van der Waals surface area contributed by atoms with Crippen LogP contribution in [0.2, 0.25) is 0 Å². The topological polar surface area (TPSA) is 92.5 Å². The number of sulfonamides is 1. The maximum atomic E-state index is 13.7. The van der Waals surface area contributed by atoms with E-state index in [4.69, 9.17) is 5.73 Å². The number of carbonyl (C=O) groups is 1. The van der Waals surface area contributed by atoms with Crippen molar-refractivity contribution < 1.29 is 17.6 Å². The predicted octanol–water partition coefficient (Wildman–Crippen LogP) is -0.336. The Morgan fingerprint density at radius 2 is 2.15 bits per heavy atom. The molecule has 3 N–H and O–H groups in total. The fourth-order valence-electron chi connectivity index (χ4n) is 2.23. The summed E-state index contributed by atoms with van der Waals surface area (Å²) >= 11 is 0. The highest BCUT2D eigenvalue weighted by Gasteiger charge is 2.35. The second-order valence-corrected chi connectivity index (χ2v) is 6.45. The Hall–Kier alpha value is -1.51. The zero-order chi connectivity index (χ0) is 14.8. The molecule has 1 aromatic rings. The standard InChI is InChI=1S/C12H16FN3O3S/c13-10-3-1-2-4-11(10)20(18,19)16(8-12(14)17)9-5-6-15-7-9/h1-4,9,15H,5-8H2,(H2,14,17). The van der Waals surface area contributed by atoms with Crippen LogP contribution >= 0.6 is 0 Å². The molecule has 110 valence electrons. The molecule has 1 unspecified atom stereocenters. The lowest BCUT2D eigenvalue weighted by Gasteiger charge is -2.26. The zero-order valence-electron chi connectivity index (χ0n) is 10.8. The van der Waals surface area contributed by atoms with E-state index in [1.165, 1.54) is 18.2 Å². The molecule has 0 bridgehead atoms. The molecule has 20 heavy (non-hydrogen) atoms. The van der Waals surface area contributed by atoms with Crippen molar-refractivity contribution >= 4 is 15.9 Å². The average molecular weight is 301 g/mol. The van der Waals surface area contributed by atoms with Gasteiger partial charge in [-0.3, -0.25) is 4.79 Å². The maximum Gasteiger partial charge on any atom is 0.246 e. The number of amides is 1. The third-order valence-electron chi connectivity index (χ3n) is 3.18. The molecule has 0 spiro atoms. The van der Waals surface area contributed by atoms with E-state index in [-0.39, 0.29) is 0 Å². The minimum Gasteiger partial charge on any atom is -0.369 e. The van der Waals surface area contributed by atoms with Gasteiger partial charge in [-0.2, -0.15) is 4.31 Å². The lowest BCUT2D eigenvalue weighted by molar-refractivity contribution is -0.118. The van der Waals surface area contributed by atoms with Gasteiger partial charge in [0.25, 0.3) is 0 Å². The molecule has 1 saturated heterocycles. The highest BCUT2D eigenvalue weighted by atomic mass is 32.2. The van der Waals surface area contributed by atoms with Crippen LogP contribution in [0.3, 0.4) is 0 Å². The number of hydrogen-bond donors (Lipinski definition) is 2. The van der Waals surface area contributed by atoms with Crippen molar-refractivity contribution in [2.75, 3.05) is 19.6 Å². The number of nitrogens with zero attached hydrogens (tertiary/aromatic N) is 1. The number of primary amides is 1. The second kappa shape index (κ2) is 5.86. The average Bonchev–Trinajstić information content (AvgIpc) is 2.89. The monoisotopic (exact) mass is 301 g/mol. The number of benzene rings is 1. The van der Waals surface area contributed by atoms with E-state index >= 15 is 0 Å². The fourth-order valence-corrected chi connectivity index (χ4v) is 3.92. The van der Waals surface area contributed by atoms with E-state index in [0.717, 1.165) is 10.4 Å². The van der Waals surface area contributed by atoms with Gasteiger partial charge in [0.2, 0.25) is 15.9 Å². The van der Waals surface area contributed by atoms with Gasteiger partial charge in [0.15, 0.2) is 0 Å². The van der Waals surface area contributed by atoms with Crippen LogP contribution in [0, 0.1) is 5.82 Å². The molecule has 8 heteroatoms. The van der Waals surface area contributed by atoms with Crippen LogP contribution in [0.15, 0.2) is 29.2 Å². The summed E-state index contributed by atoms with van der Waals surface area (Å²) in [5.41, 5.74) is 5.11. The molecule has 1 atom stereocenters. The molecule has 1 aliphatic rings. The first-order valence-electron chi connectivity index (χ1n) is 6.18. The molecular weight excluding hydrogens is 285 g/mol. The molecule has 6 nitrogen and oxygen atoms in total. The molecule has 2 rings (SSSR count). The molecule has 1 aromatic carbocycles. The number of rotatable bonds is 5. The summed E-state index contributed by atoms with van der Waals surface area (Å²) in [6.45, 7) is 0.608. The summed E-state index contributed by atoms with van der Waals surface area (Å²) in [6, 6.07) is 4.70. The summed E-state index contributed by atoms with van der Waals surface area (Å²) in [4.78, 5) is 10.7. The Balaban J connectivity index is 2.41. The minimum absolute atomic E-state index is 0.396. The molecule has 1 aliphatic heterocycles. The highest BCUT2D eigenvalue weighted by Crippen LogP contribution is 2.22. The number of nitrogens with one attached hydrogen (secondary N) is 1. The van der Waals surface area contributed by atoms with Gasteiger partial charge in [-0.05, 0) is 25.1 Å². The van der Waals surface area contributed by atoms with E-state index in [9.17, 15) is 17.6 Å². The Labute approximate surface area is 116 Å². The summed E-state index contributed by atoms with van der Waals surface area (Å²) in [5, 5.41) is 3.01. The van der Waals surface area contributed by atoms with Crippen LogP contribution in [0.1, 0.15) is 6.42 Å². The molecule has 0 aromatic heterocycles. The number of nitrogens with two attached hydrogens (primary N) is 1. The third kappa shape index (κ3) is 2.97. The first-order valence-corrected chi connectivity index (χ1v) is 7.62. The van der Waals surface area contributed by atoms with Crippen molar-refractivity contribution in [3.05, 3.63) is 30.1 Å². The van der Waals surface area contributed by atoms with Crippen LogP contribution in [0.4, 0.5) is 4.39 Å². The van der Waals surface area contributed by atoms with Crippen molar-refractivity contribution in [1.82, 2.24) is 9.62 Å². The highest BCUT2D eigenvalue weighted by molar-refractivity contribution is 7.89. The van der Waals surface area contributed by atoms with Crippen LogP contribution in [0.25, 0.3) is 0 Å². The predicted molar refractivity (Wildman–Crippen MR) is 70.8 cm³/mol. The van der Waals surface area contributed by atoms with Crippen molar-refractivity contribution in [2.45, 2.75) is 17.4 Å². The minimum atomic E-state index is -4.09. The number of carbonyl (C=O) groups excluding carboxylic acids is 1. The van der Waals surface area contributed by atoms with Crippen molar-refractivity contribution in [2.24, 2.45) is 5.73 Å². The largest absolute Gasteiger partial charge is 0.369 e. The van der Waals surface area contributed by atoms with E-state index in [1.807, 2.05) is 0 Å². The van der Waals surface area contributed by atoms with Gasteiger partial charge < -0.3 is 11.1 Å². The molecule has 0 saturated carbocycles. The van der Waals surface area contributed by atoms with Gasteiger partial charge in [-0.15, -0.1) is 0 Å². The van der Waals surface area contributed by atoms with Gasteiger partial charge in [-0.25, -0.2) is 12.8 Å². The molecule has 1 fully saturated rings. The van der Waals surface area contributed by atoms with Crippen LogP contribution < -0.4 is 11.1 Å². The van der Waals surface area contributed by atoms with E-state index in [0.29, 0.717) is 19.5 Å². The first kappa shape index (κ1) is 14.9. The Bertz CT molecular complexity index is 600. The van der Waals surface area contributed by atoms with Gasteiger partial charge >= 0.3 is 0 Å². The molecule has 1 amide bonds.